The molecule has 0 spiro atoms. The molecule has 2 amide bonds. The minimum atomic E-state index is -0.304. The monoisotopic (exact) mass is 361 g/mol. The van der Waals surface area contributed by atoms with E-state index in [9.17, 15) is 14.0 Å². The SMILES string of the molecule is CC(C(=O)NCc1ccccc1F)N1CCC(C(=O)N2CCCC2)CC1. The summed E-state index contributed by atoms with van der Waals surface area (Å²) in [6, 6.07) is 6.19. The second kappa shape index (κ2) is 8.62. The van der Waals surface area contributed by atoms with Crippen LogP contribution in [-0.2, 0) is 16.1 Å². The summed E-state index contributed by atoms with van der Waals surface area (Å²) in [7, 11) is 0. The van der Waals surface area contributed by atoms with Crippen molar-refractivity contribution in [3.05, 3.63) is 35.6 Å². The fourth-order valence-corrected chi connectivity index (χ4v) is 3.87. The van der Waals surface area contributed by atoms with E-state index in [2.05, 4.69) is 10.2 Å². The van der Waals surface area contributed by atoms with Crippen molar-refractivity contribution in [2.75, 3.05) is 26.2 Å². The molecule has 0 saturated carbocycles. The van der Waals surface area contributed by atoms with E-state index in [1.165, 1.54) is 6.07 Å². The van der Waals surface area contributed by atoms with Crippen molar-refractivity contribution in [2.45, 2.75) is 45.2 Å². The molecule has 5 nitrogen and oxygen atoms in total. The number of likely N-dealkylation sites (tertiary alicyclic amines) is 2. The number of benzene rings is 1. The Labute approximate surface area is 154 Å². The van der Waals surface area contributed by atoms with Crippen LogP contribution >= 0.6 is 0 Å². The van der Waals surface area contributed by atoms with E-state index in [-0.39, 0.29) is 30.2 Å². The predicted octanol–water partition coefficient (Wildman–Crippen LogP) is 2.16. The predicted molar refractivity (Wildman–Crippen MR) is 97.8 cm³/mol. The van der Waals surface area contributed by atoms with Crippen LogP contribution in [0.4, 0.5) is 4.39 Å². The van der Waals surface area contributed by atoms with Crippen LogP contribution in [0.15, 0.2) is 24.3 Å². The van der Waals surface area contributed by atoms with E-state index in [1.807, 2.05) is 11.8 Å². The number of rotatable bonds is 5. The highest BCUT2D eigenvalue weighted by Crippen LogP contribution is 2.23. The maximum atomic E-state index is 13.6. The molecule has 1 aromatic rings. The average Bonchev–Trinajstić information content (AvgIpc) is 3.21. The van der Waals surface area contributed by atoms with Crippen molar-refractivity contribution >= 4 is 11.8 Å². The molecule has 26 heavy (non-hydrogen) atoms. The van der Waals surface area contributed by atoms with Gasteiger partial charge in [-0.1, -0.05) is 18.2 Å². The molecule has 1 aromatic carbocycles. The van der Waals surface area contributed by atoms with Gasteiger partial charge in [-0.25, -0.2) is 4.39 Å². The van der Waals surface area contributed by atoms with Gasteiger partial charge in [0.15, 0.2) is 0 Å². The maximum Gasteiger partial charge on any atom is 0.237 e. The molecule has 1 N–H and O–H groups in total. The van der Waals surface area contributed by atoms with Gasteiger partial charge in [0, 0.05) is 31.1 Å². The van der Waals surface area contributed by atoms with Gasteiger partial charge in [-0.2, -0.15) is 0 Å². The topological polar surface area (TPSA) is 52.7 Å². The number of nitrogens with one attached hydrogen (secondary N) is 1. The second-order valence-corrected chi connectivity index (χ2v) is 7.33. The molecule has 0 radical (unpaired) electrons. The lowest BCUT2D eigenvalue weighted by Gasteiger charge is -2.36. The molecule has 142 valence electrons. The summed E-state index contributed by atoms with van der Waals surface area (Å²) in [4.78, 5) is 29.0. The molecule has 2 fully saturated rings. The molecule has 6 heteroatoms. The number of hydrogen-bond donors (Lipinski definition) is 1. The lowest BCUT2D eigenvalue weighted by molar-refractivity contribution is -0.136. The van der Waals surface area contributed by atoms with Gasteiger partial charge in [0.25, 0.3) is 0 Å². The number of nitrogens with zero attached hydrogens (tertiary/aromatic N) is 2. The first-order valence-corrected chi connectivity index (χ1v) is 9.60. The third-order valence-electron chi connectivity index (χ3n) is 5.63. The van der Waals surface area contributed by atoms with Crippen molar-refractivity contribution in [1.29, 1.82) is 0 Å². The van der Waals surface area contributed by atoms with Gasteiger partial charge in [-0.3, -0.25) is 14.5 Å². The lowest BCUT2D eigenvalue weighted by atomic mass is 9.94. The highest BCUT2D eigenvalue weighted by molar-refractivity contribution is 5.81. The summed E-state index contributed by atoms with van der Waals surface area (Å²) in [5.74, 6) is -0.0175. The van der Waals surface area contributed by atoms with Crippen LogP contribution in [0.3, 0.4) is 0 Å². The molecule has 2 heterocycles. The number of piperidine rings is 1. The first kappa shape index (κ1) is 18.8. The normalized spacial score (nSPS) is 20.2. The third kappa shape index (κ3) is 4.41. The van der Waals surface area contributed by atoms with Crippen molar-refractivity contribution < 1.29 is 14.0 Å². The van der Waals surface area contributed by atoms with Crippen molar-refractivity contribution in [3.63, 3.8) is 0 Å². The minimum absolute atomic E-state index is 0.0954. The van der Waals surface area contributed by atoms with Gasteiger partial charge in [0.2, 0.25) is 11.8 Å². The Morgan fingerprint density at radius 2 is 1.81 bits per heavy atom. The van der Waals surface area contributed by atoms with Crippen LogP contribution in [0, 0.1) is 11.7 Å². The van der Waals surface area contributed by atoms with Crippen molar-refractivity contribution in [2.24, 2.45) is 5.92 Å². The summed E-state index contributed by atoms with van der Waals surface area (Å²) in [5.41, 5.74) is 0.489. The van der Waals surface area contributed by atoms with Gasteiger partial charge in [-0.05, 0) is 51.8 Å². The number of carbonyl (C=O) groups is 2. The highest BCUT2D eigenvalue weighted by Gasteiger charge is 2.32. The number of carbonyl (C=O) groups excluding carboxylic acids is 2. The summed E-state index contributed by atoms with van der Waals surface area (Å²) >= 11 is 0. The zero-order valence-electron chi connectivity index (χ0n) is 15.4. The van der Waals surface area contributed by atoms with Gasteiger partial charge in [-0.15, -0.1) is 0 Å². The van der Waals surface area contributed by atoms with Crippen molar-refractivity contribution in [1.82, 2.24) is 15.1 Å². The van der Waals surface area contributed by atoms with Gasteiger partial charge < -0.3 is 10.2 Å². The van der Waals surface area contributed by atoms with Gasteiger partial charge in [0.05, 0.1) is 6.04 Å². The Bertz CT molecular complexity index is 638. The largest absolute Gasteiger partial charge is 0.351 e. The Morgan fingerprint density at radius 3 is 2.46 bits per heavy atom. The Kier molecular flexibility index (Phi) is 6.25. The molecule has 0 bridgehead atoms. The molecule has 0 aromatic heterocycles. The van der Waals surface area contributed by atoms with E-state index < -0.39 is 0 Å². The second-order valence-electron chi connectivity index (χ2n) is 7.33. The third-order valence-corrected chi connectivity index (χ3v) is 5.63. The molecule has 0 aliphatic carbocycles. The Balaban J connectivity index is 1.45. The summed E-state index contributed by atoms with van der Waals surface area (Å²) in [5, 5.41) is 2.82. The quantitative estimate of drug-likeness (QED) is 0.874. The minimum Gasteiger partial charge on any atom is -0.351 e. The summed E-state index contributed by atoms with van der Waals surface area (Å²) < 4.78 is 13.6. The maximum absolute atomic E-state index is 13.6. The molecule has 1 atom stereocenters. The zero-order valence-corrected chi connectivity index (χ0v) is 15.4. The molecular weight excluding hydrogens is 333 g/mol. The fourth-order valence-electron chi connectivity index (χ4n) is 3.87. The molecular formula is C20H28FN3O2. The van der Waals surface area contributed by atoms with Crippen molar-refractivity contribution in [3.8, 4) is 0 Å². The Hall–Kier alpha value is -1.95. The first-order chi connectivity index (χ1) is 12.6. The van der Waals surface area contributed by atoms with E-state index in [1.54, 1.807) is 18.2 Å². The van der Waals surface area contributed by atoms with Crippen LogP contribution in [-0.4, -0.2) is 53.8 Å². The van der Waals surface area contributed by atoms with E-state index >= 15 is 0 Å². The van der Waals surface area contributed by atoms with Crippen LogP contribution in [0.1, 0.15) is 38.2 Å². The zero-order chi connectivity index (χ0) is 18.5. The van der Waals surface area contributed by atoms with Crippen LogP contribution in [0.5, 0.6) is 0 Å². The number of amides is 2. The van der Waals surface area contributed by atoms with Crippen LogP contribution in [0.2, 0.25) is 0 Å². The molecule has 2 aliphatic rings. The molecule has 1 unspecified atom stereocenters. The lowest BCUT2D eigenvalue weighted by Crippen LogP contribution is -2.49. The van der Waals surface area contributed by atoms with E-state index in [0.29, 0.717) is 11.5 Å². The molecule has 3 rings (SSSR count). The molecule has 2 aliphatic heterocycles. The Morgan fingerprint density at radius 1 is 1.15 bits per heavy atom. The number of hydrogen-bond acceptors (Lipinski definition) is 3. The highest BCUT2D eigenvalue weighted by atomic mass is 19.1. The van der Waals surface area contributed by atoms with Gasteiger partial charge in [0.1, 0.15) is 5.82 Å². The number of halogens is 1. The van der Waals surface area contributed by atoms with Crippen LogP contribution < -0.4 is 5.32 Å². The van der Waals surface area contributed by atoms with Crippen LogP contribution in [0.25, 0.3) is 0 Å². The standard InChI is InChI=1S/C20H28FN3O2/c1-15(19(25)22-14-17-6-2-3-7-18(17)21)23-12-8-16(9-13-23)20(26)24-10-4-5-11-24/h2-3,6-7,15-16H,4-5,8-14H2,1H3,(H,22,25). The fraction of sp³-hybridized carbons (Fsp3) is 0.600. The summed E-state index contributed by atoms with van der Waals surface area (Å²) in [6.45, 7) is 5.36. The summed E-state index contributed by atoms with van der Waals surface area (Å²) in [6.07, 6.45) is 3.84. The molecule has 2 saturated heterocycles. The average molecular weight is 361 g/mol. The smallest absolute Gasteiger partial charge is 0.237 e. The van der Waals surface area contributed by atoms with Gasteiger partial charge >= 0.3 is 0 Å². The van der Waals surface area contributed by atoms with E-state index in [4.69, 9.17) is 0 Å². The van der Waals surface area contributed by atoms with E-state index in [0.717, 1.165) is 51.9 Å². The first-order valence-electron chi connectivity index (χ1n) is 9.60.